The lowest BCUT2D eigenvalue weighted by atomic mass is 10.2. The van der Waals surface area contributed by atoms with Crippen LogP contribution in [0.1, 0.15) is 5.56 Å². The molecule has 4 heteroatoms. The van der Waals surface area contributed by atoms with Gasteiger partial charge in [-0.1, -0.05) is 11.6 Å². The third-order valence-corrected chi connectivity index (χ3v) is 2.34. The summed E-state index contributed by atoms with van der Waals surface area (Å²) < 4.78 is 0. The Balaban J connectivity index is 2.44. The molecule has 2 rings (SSSR count). The van der Waals surface area contributed by atoms with Gasteiger partial charge in [0.1, 0.15) is 0 Å². The number of nitrogens with one attached hydrogen (secondary N) is 2. The van der Waals surface area contributed by atoms with Crippen molar-refractivity contribution in [3.8, 4) is 0 Å². The molecule has 1 heterocycles. The third-order valence-electron chi connectivity index (χ3n) is 2.11. The number of aromatic nitrogens is 1. The monoisotopic (exact) mass is 208 g/mol. The Labute approximate surface area is 86.1 Å². The first kappa shape index (κ1) is 9.09. The van der Waals surface area contributed by atoms with E-state index in [0.29, 0.717) is 18.0 Å². The van der Waals surface area contributed by atoms with Gasteiger partial charge in [-0.3, -0.25) is 4.79 Å². The minimum atomic E-state index is 0.518. The number of carbonyl (C=O) groups is 1. The number of amides is 1. The van der Waals surface area contributed by atoms with E-state index in [1.54, 1.807) is 0 Å². The number of fused-ring (bicyclic) bond motifs is 1. The molecule has 1 aromatic carbocycles. The highest BCUT2D eigenvalue weighted by molar-refractivity contribution is 6.31. The molecule has 0 aliphatic carbocycles. The molecule has 2 N–H and O–H groups in total. The van der Waals surface area contributed by atoms with Gasteiger partial charge < -0.3 is 10.3 Å². The van der Waals surface area contributed by atoms with Crippen molar-refractivity contribution in [3.05, 3.63) is 35.0 Å². The van der Waals surface area contributed by atoms with Crippen LogP contribution in [0, 0.1) is 0 Å². The van der Waals surface area contributed by atoms with Gasteiger partial charge in [0.05, 0.1) is 0 Å². The van der Waals surface area contributed by atoms with Gasteiger partial charge in [0.25, 0.3) is 0 Å². The predicted octanol–water partition coefficient (Wildman–Crippen LogP) is 2.07. The average Bonchev–Trinajstić information content (AvgIpc) is 2.57. The minimum Gasteiger partial charge on any atom is -0.361 e. The van der Waals surface area contributed by atoms with E-state index < -0.39 is 0 Å². The van der Waals surface area contributed by atoms with Crippen LogP contribution < -0.4 is 5.32 Å². The van der Waals surface area contributed by atoms with Gasteiger partial charge >= 0.3 is 0 Å². The second-order valence-electron chi connectivity index (χ2n) is 3.00. The van der Waals surface area contributed by atoms with Crippen LogP contribution in [0.2, 0.25) is 5.02 Å². The lowest BCUT2D eigenvalue weighted by Crippen LogP contribution is -2.08. The van der Waals surface area contributed by atoms with Crippen LogP contribution in [0.15, 0.2) is 24.4 Å². The normalized spacial score (nSPS) is 10.4. The van der Waals surface area contributed by atoms with E-state index in [9.17, 15) is 4.79 Å². The first-order valence-electron chi connectivity index (χ1n) is 4.24. The molecular weight excluding hydrogens is 200 g/mol. The van der Waals surface area contributed by atoms with Gasteiger partial charge in [0.2, 0.25) is 6.41 Å². The first-order valence-corrected chi connectivity index (χ1v) is 4.61. The van der Waals surface area contributed by atoms with Gasteiger partial charge in [-0.2, -0.15) is 0 Å². The maximum Gasteiger partial charge on any atom is 0.207 e. The Kier molecular flexibility index (Phi) is 2.41. The summed E-state index contributed by atoms with van der Waals surface area (Å²) >= 11 is 5.88. The lowest BCUT2D eigenvalue weighted by molar-refractivity contribution is -0.109. The number of benzene rings is 1. The molecule has 0 aliphatic rings. The first-order chi connectivity index (χ1) is 6.81. The predicted molar refractivity (Wildman–Crippen MR) is 56.2 cm³/mol. The van der Waals surface area contributed by atoms with Crippen molar-refractivity contribution in [2.75, 3.05) is 0 Å². The number of H-pyrrole nitrogens is 1. The van der Waals surface area contributed by atoms with Crippen LogP contribution in [0.3, 0.4) is 0 Å². The van der Waals surface area contributed by atoms with E-state index in [1.165, 1.54) is 0 Å². The molecule has 0 unspecified atom stereocenters. The Morgan fingerprint density at radius 2 is 2.36 bits per heavy atom. The molecule has 0 atom stereocenters. The summed E-state index contributed by atoms with van der Waals surface area (Å²) in [6.07, 6.45) is 2.56. The Morgan fingerprint density at radius 3 is 3.14 bits per heavy atom. The highest BCUT2D eigenvalue weighted by Crippen LogP contribution is 2.21. The number of halogens is 1. The van der Waals surface area contributed by atoms with Gasteiger partial charge in [-0.15, -0.1) is 0 Å². The van der Waals surface area contributed by atoms with Crippen molar-refractivity contribution >= 4 is 28.9 Å². The van der Waals surface area contributed by atoms with Gasteiger partial charge in [-0.05, 0) is 23.8 Å². The molecule has 72 valence electrons. The summed E-state index contributed by atoms with van der Waals surface area (Å²) in [5, 5.41) is 4.37. The summed E-state index contributed by atoms with van der Waals surface area (Å²) in [6, 6.07) is 5.63. The summed E-state index contributed by atoms with van der Waals surface area (Å²) in [5.74, 6) is 0. The highest BCUT2D eigenvalue weighted by atomic mass is 35.5. The van der Waals surface area contributed by atoms with E-state index in [1.807, 2.05) is 24.4 Å². The van der Waals surface area contributed by atoms with Crippen LogP contribution in [-0.4, -0.2) is 11.4 Å². The van der Waals surface area contributed by atoms with Gasteiger partial charge in [0, 0.05) is 28.7 Å². The largest absolute Gasteiger partial charge is 0.361 e. The van der Waals surface area contributed by atoms with Crippen molar-refractivity contribution in [1.29, 1.82) is 0 Å². The van der Waals surface area contributed by atoms with E-state index in [2.05, 4.69) is 10.3 Å². The SMILES string of the molecule is O=CNCc1c[nH]c2ccc(Cl)cc12. The fourth-order valence-electron chi connectivity index (χ4n) is 1.45. The summed E-state index contributed by atoms with van der Waals surface area (Å²) in [7, 11) is 0. The standard InChI is InChI=1S/C10H9ClN2O/c11-8-1-2-10-9(3-8)7(5-13-10)4-12-6-14/h1-3,5-6,13H,4H2,(H,12,14). The minimum absolute atomic E-state index is 0.518. The summed E-state index contributed by atoms with van der Waals surface area (Å²) in [5.41, 5.74) is 2.06. The zero-order chi connectivity index (χ0) is 9.97. The van der Waals surface area contributed by atoms with Crippen LogP contribution in [0.4, 0.5) is 0 Å². The molecule has 14 heavy (non-hydrogen) atoms. The molecule has 2 aromatic rings. The highest BCUT2D eigenvalue weighted by Gasteiger charge is 2.02. The van der Waals surface area contributed by atoms with Gasteiger partial charge in [0.15, 0.2) is 0 Å². The van der Waals surface area contributed by atoms with Crippen LogP contribution in [-0.2, 0) is 11.3 Å². The van der Waals surface area contributed by atoms with Crippen LogP contribution >= 0.6 is 11.6 Å². The molecule has 0 aliphatic heterocycles. The number of rotatable bonds is 3. The van der Waals surface area contributed by atoms with E-state index in [0.717, 1.165) is 16.5 Å². The topological polar surface area (TPSA) is 44.9 Å². The number of carbonyl (C=O) groups excluding carboxylic acids is 1. The molecule has 0 saturated heterocycles. The van der Waals surface area contributed by atoms with Crippen molar-refractivity contribution < 1.29 is 4.79 Å². The number of hydrogen-bond acceptors (Lipinski definition) is 1. The third kappa shape index (κ3) is 1.59. The molecule has 1 amide bonds. The fourth-order valence-corrected chi connectivity index (χ4v) is 1.62. The molecule has 0 saturated carbocycles. The molecule has 0 fully saturated rings. The molecule has 3 nitrogen and oxygen atoms in total. The fraction of sp³-hybridized carbons (Fsp3) is 0.100. The second kappa shape index (κ2) is 3.72. The van der Waals surface area contributed by atoms with Crippen molar-refractivity contribution in [1.82, 2.24) is 10.3 Å². The van der Waals surface area contributed by atoms with Crippen molar-refractivity contribution in [3.63, 3.8) is 0 Å². The molecule has 1 aromatic heterocycles. The Morgan fingerprint density at radius 1 is 1.50 bits per heavy atom. The quantitative estimate of drug-likeness (QED) is 0.746. The summed E-state index contributed by atoms with van der Waals surface area (Å²) in [6.45, 7) is 0.518. The van der Waals surface area contributed by atoms with Crippen LogP contribution in [0.5, 0.6) is 0 Å². The Bertz CT molecular complexity index is 464. The maximum atomic E-state index is 10.2. The number of hydrogen-bond donors (Lipinski definition) is 2. The van der Waals surface area contributed by atoms with E-state index in [4.69, 9.17) is 11.6 Å². The van der Waals surface area contributed by atoms with Crippen molar-refractivity contribution in [2.24, 2.45) is 0 Å². The maximum absolute atomic E-state index is 10.2. The zero-order valence-corrected chi connectivity index (χ0v) is 8.14. The van der Waals surface area contributed by atoms with Gasteiger partial charge in [-0.25, -0.2) is 0 Å². The second-order valence-corrected chi connectivity index (χ2v) is 3.44. The number of aromatic amines is 1. The molecule has 0 bridgehead atoms. The van der Waals surface area contributed by atoms with Crippen LogP contribution in [0.25, 0.3) is 10.9 Å². The Hall–Kier alpha value is -1.48. The average molecular weight is 209 g/mol. The molecule has 0 radical (unpaired) electrons. The smallest absolute Gasteiger partial charge is 0.207 e. The molecular formula is C10H9ClN2O. The molecule has 0 spiro atoms. The summed E-state index contributed by atoms with van der Waals surface area (Å²) in [4.78, 5) is 13.3. The van der Waals surface area contributed by atoms with E-state index >= 15 is 0 Å². The van der Waals surface area contributed by atoms with E-state index in [-0.39, 0.29) is 0 Å². The zero-order valence-electron chi connectivity index (χ0n) is 7.38. The lowest BCUT2D eigenvalue weighted by Gasteiger charge is -1.97. The van der Waals surface area contributed by atoms with Crippen molar-refractivity contribution in [2.45, 2.75) is 6.54 Å².